The number of anilines is 1. The third kappa shape index (κ3) is 4.94. The second-order valence-electron chi connectivity index (χ2n) is 6.80. The van der Waals surface area contributed by atoms with Crippen LogP contribution in [0.25, 0.3) is 0 Å². The molecule has 1 aliphatic rings. The van der Waals surface area contributed by atoms with Crippen LogP contribution in [0.5, 0.6) is 0 Å². The van der Waals surface area contributed by atoms with Gasteiger partial charge in [0.05, 0.1) is 10.4 Å². The zero-order valence-corrected chi connectivity index (χ0v) is 19.4. The molecule has 28 heavy (non-hydrogen) atoms. The number of hydrogen-bond acceptors (Lipinski definition) is 6. The molecule has 2 aromatic carbocycles. The van der Waals surface area contributed by atoms with Crippen LogP contribution in [0.1, 0.15) is 24.5 Å². The van der Waals surface area contributed by atoms with Crippen LogP contribution in [0.15, 0.2) is 56.8 Å². The molecule has 0 bridgehead atoms. The molecular formula is C19H20BrN3O2S3. The predicted octanol–water partition coefficient (Wildman–Crippen LogP) is 4.31. The molecule has 0 radical (unpaired) electrons. The maximum Gasteiger partial charge on any atom is 0.175 e. The lowest BCUT2D eigenvalue weighted by molar-refractivity contribution is 0.481. The molecule has 148 valence electrons. The van der Waals surface area contributed by atoms with E-state index in [1.54, 1.807) is 12.1 Å². The average Bonchev–Trinajstić information content (AvgIpc) is 2.61. The van der Waals surface area contributed by atoms with Crippen LogP contribution >= 0.6 is 39.9 Å². The van der Waals surface area contributed by atoms with Crippen LogP contribution in [0.2, 0.25) is 0 Å². The van der Waals surface area contributed by atoms with Gasteiger partial charge in [-0.1, -0.05) is 52.0 Å². The van der Waals surface area contributed by atoms with Gasteiger partial charge in [0.15, 0.2) is 15.0 Å². The fourth-order valence-corrected chi connectivity index (χ4v) is 5.07. The molecule has 0 saturated carbocycles. The van der Waals surface area contributed by atoms with E-state index in [1.807, 2.05) is 37.3 Å². The highest BCUT2D eigenvalue weighted by molar-refractivity contribution is 9.10. The van der Waals surface area contributed by atoms with Crippen LogP contribution in [-0.4, -0.2) is 30.6 Å². The summed E-state index contributed by atoms with van der Waals surface area (Å²) in [5, 5.41) is 3.68. The molecule has 0 spiro atoms. The summed E-state index contributed by atoms with van der Waals surface area (Å²) in [5.74, 6) is 0.828. The van der Waals surface area contributed by atoms with Gasteiger partial charge < -0.3 is 11.1 Å². The highest BCUT2D eigenvalue weighted by Crippen LogP contribution is 2.37. The van der Waals surface area contributed by atoms with Gasteiger partial charge in [-0.3, -0.25) is 4.99 Å². The number of nitrogens with zero attached hydrogens (tertiary/aromatic N) is 1. The normalized spacial score (nSPS) is 19.8. The minimum Gasteiger partial charge on any atom is -0.379 e. The molecule has 1 atom stereocenters. The third-order valence-electron chi connectivity index (χ3n) is 4.52. The van der Waals surface area contributed by atoms with E-state index in [2.05, 4.69) is 26.2 Å². The Balaban J connectivity index is 2.02. The first-order chi connectivity index (χ1) is 13.1. The molecular weight excluding hydrogens is 478 g/mol. The first-order valence-corrected chi connectivity index (χ1v) is 12.6. The maximum absolute atomic E-state index is 12.3. The van der Waals surface area contributed by atoms with E-state index in [9.17, 15) is 8.42 Å². The molecule has 0 aliphatic carbocycles. The Hall–Kier alpha value is -1.42. The molecule has 3 N–H and O–H groups in total. The summed E-state index contributed by atoms with van der Waals surface area (Å²) in [6, 6.07) is 12.8. The first-order valence-electron chi connectivity index (χ1n) is 8.47. The fraction of sp³-hybridized carbons (Fsp3) is 0.263. The van der Waals surface area contributed by atoms with Gasteiger partial charge in [-0.05, 0) is 49.2 Å². The van der Waals surface area contributed by atoms with E-state index >= 15 is 0 Å². The first kappa shape index (κ1) is 21.3. The van der Waals surface area contributed by atoms with Crippen molar-refractivity contribution in [3.05, 3.63) is 58.1 Å². The average molecular weight is 498 g/mol. The molecule has 0 saturated heterocycles. The molecule has 1 aliphatic heterocycles. The topological polar surface area (TPSA) is 84.5 Å². The molecule has 1 heterocycles. The van der Waals surface area contributed by atoms with Crippen molar-refractivity contribution in [2.75, 3.05) is 17.3 Å². The number of halogens is 1. The van der Waals surface area contributed by atoms with Crippen molar-refractivity contribution < 1.29 is 8.42 Å². The van der Waals surface area contributed by atoms with Gasteiger partial charge >= 0.3 is 0 Å². The van der Waals surface area contributed by atoms with Gasteiger partial charge in [-0.2, -0.15) is 0 Å². The van der Waals surface area contributed by atoms with Crippen molar-refractivity contribution in [3.8, 4) is 0 Å². The molecule has 9 heteroatoms. The van der Waals surface area contributed by atoms with Crippen molar-refractivity contribution in [3.63, 3.8) is 0 Å². The number of thioether (sulfide) groups is 1. The SMILES string of the molecule is CC1(c2cc(NC(=S)c3ccc(Br)cc3)cc(S(C)(=O)=O)c2)CCSC(N)=N1. The fourth-order valence-electron chi connectivity index (χ4n) is 2.90. The number of thiocarbonyl (C=S) groups is 1. The number of aliphatic imine (C=N–C) groups is 1. The smallest absolute Gasteiger partial charge is 0.175 e. The highest BCUT2D eigenvalue weighted by atomic mass is 79.9. The predicted molar refractivity (Wildman–Crippen MR) is 125 cm³/mol. The minimum absolute atomic E-state index is 0.222. The maximum atomic E-state index is 12.3. The molecule has 3 rings (SSSR count). The standard InChI is InChI=1S/C19H20BrN3O2S3/c1-19(7-8-27-18(21)23-19)13-9-15(11-16(10-13)28(2,24)25)22-17(26)12-3-5-14(20)6-4-12/h3-6,9-11H,7-8H2,1-2H3,(H2,21,23)(H,22,26). The van der Waals surface area contributed by atoms with Gasteiger partial charge in [-0.25, -0.2) is 8.42 Å². The van der Waals surface area contributed by atoms with Crippen molar-refractivity contribution in [1.82, 2.24) is 0 Å². The summed E-state index contributed by atoms with van der Waals surface area (Å²) in [4.78, 5) is 5.32. The van der Waals surface area contributed by atoms with Gasteiger partial charge in [0.1, 0.15) is 4.99 Å². The quantitative estimate of drug-likeness (QED) is 0.612. The van der Waals surface area contributed by atoms with Gasteiger partial charge in [0.2, 0.25) is 0 Å². The number of benzene rings is 2. The summed E-state index contributed by atoms with van der Waals surface area (Å²) in [6.07, 6.45) is 1.96. The van der Waals surface area contributed by atoms with Gasteiger partial charge in [0, 0.05) is 27.7 Å². The van der Waals surface area contributed by atoms with Crippen LogP contribution in [0.3, 0.4) is 0 Å². The number of hydrogen-bond donors (Lipinski definition) is 2. The molecule has 2 aromatic rings. The Kier molecular flexibility index (Phi) is 6.19. The Bertz CT molecular complexity index is 1050. The summed E-state index contributed by atoms with van der Waals surface area (Å²) >= 11 is 10.4. The van der Waals surface area contributed by atoms with E-state index < -0.39 is 15.4 Å². The minimum atomic E-state index is -3.41. The van der Waals surface area contributed by atoms with Crippen molar-refractivity contribution in [2.24, 2.45) is 10.7 Å². The Labute approximate surface area is 183 Å². The van der Waals surface area contributed by atoms with E-state index in [0.29, 0.717) is 15.8 Å². The summed E-state index contributed by atoms with van der Waals surface area (Å²) in [5.41, 5.74) is 7.60. The van der Waals surface area contributed by atoms with E-state index in [1.165, 1.54) is 18.0 Å². The van der Waals surface area contributed by atoms with Crippen molar-refractivity contribution >= 4 is 65.6 Å². The number of nitrogens with two attached hydrogens (primary N) is 1. The van der Waals surface area contributed by atoms with E-state index in [4.69, 9.17) is 18.0 Å². The Morgan fingerprint density at radius 3 is 2.57 bits per heavy atom. The lowest BCUT2D eigenvalue weighted by Crippen LogP contribution is -2.29. The number of rotatable bonds is 4. The van der Waals surface area contributed by atoms with Gasteiger partial charge in [0.25, 0.3) is 0 Å². The van der Waals surface area contributed by atoms with Crippen molar-refractivity contribution in [2.45, 2.75) is 23.8 Å². The van der Waals surface area contributed by atoms with E-state index in [-0.39, 0.29) is 4.90 Å². The highest BCUT2D eigenvalue weighted by Gasteiger charge is 2.31. The van der Waals surface area contributed by atoms with Crippen LogP contribution in [-0.2, 0) is 15.4 Å². The van der Waals surface area contributed by atoms with Crippen LogP contribution in [0, 0.1) is 0 Å². The molecule has 1 unspecified atom stereocenters. The van der Waals surface area contributed by atoms with E-state index in [0.717, 1.165) is 27.8 Å². The molecule has 0 aromatic heterocycles. The molecule has 5 nitrogen and oxygen atoms in total. The number of sulfone groups is 1. The van der Waals surface area contributed by atoms with Crippen molar-refractivity contribution in [1.29, 1.82) is 0 Å². The largest absolute Gasteiger partial charge is 0.379 e. The second-order valence-corrected chi connectivity index (χ2v) is 11.3. The third-order valence-corrected chi connectivity index (χ3v) is 7.27. The Morgan fingerprint density at radius 2 is 1.96 bits per heavy atom. The zero-order chi connectivity index (χ0) is 20.5. The summed E-state index contributed by atoms with van der Waals surface area (Å²) in [7, 11) is -3.41. The Morgan fingerprint density at radius 1 is 1.29 bits per heavy atom. The summed E-state index contributed by atoms with van der Waals surface area (Å²) < 4.78 is 25.5. The van der Waals surface area contributed by atoms with Gasteiger partial charge in [-0.15, -0.1) is 0 Å². The second kappa shape index (κ2) is 8.14. The lowest BCUT2D eigenvalue weighted by Gasteiger charge is -2.30. The van der Waals surface area contributed by atoms with Crippen LogP contribution in [0.4, 0.5) is 5.69 Å². The molecule has 0 fully saturated rings. The molecule has 0 amide bonds. The van der Waals surface area contributed by atoms with Crippen LogP contribution < -0.4 is 11.1 Å². The summed E-state index contributed by atoms with van der Waals surface area (Å²) in [6.45, 7) is 1.97. The lowest BCUT2D eigenvalue weighted by atomic mass is 9.89. The zero-order valence-electron chi connectivity index (χ0n) is 15.4. The number of nitrogens with one attached hydrogen (secondary N) is 1. The monoisotopic (exact) mass is 497 g/mol. The number of amidine groups is 1.